The minimum Gasteiger partial charge on any atom is -0.411 e. The van der Waals surface area contributed by atoms with Crippen LogP contribution in [0, 0.1) is 0 Å². The lowest BCUT2D eigenvalue weighted by atomic mass is 9.88. The summed E-state index contributed by atoms with van der Waals surface area (Å²) in [5, 5.41) is 47.8. The summed E-state index contributed by atoms with van der Waals surface area (Å²) in [6.07, 6.45) is 23.7. The molecule has 4 heterocycles. The zero-order valence-corrected chi connectivity index (χ0v) is 42.2. The predicted molar refractivity (Wildman–Crippen MR) is 274 cm³/mol. The number of oxime groups is 4. The number of rotatable bonds is 0. The van der Waals surface area contributed by atoms with Gasteiger partial charge in [-0.05, 0) is 154 Å². The second-order valence-corrected chi connectivity index (χ2v) is 24.8. The van der Waals surface area contributed by atoms with Crippen molar-refractivity contribution in [2.45, 2.75) is 154 Å². The average molecular weight is 987 g/mol. The maximum atomic E-state index is 11.2. The van der Waals surface area contributed by atoms with Crippen molar-refractivity contribution in [3.8, 4) is 0 Å². The Labute approximate surface area is 403 Å². The fourth-order valence-electron chi connectivity index (χ4n) is 9.78. The first kappa shape index (κ1) is 53.6. The molecule has 16 heteroatoms. The van der Waals surface area contributed by atoms with Gasteiger partial charge >= 0.3 is 0 Å². The van der Waals surface area contributed by atoms with E-state index in [0.717, 1.165) is 223 Å². The third kappa shape index (κ3) is 19.0. The van der Waals surface area contributed by atoms with E-state index in [0.29, 0.717) is 0 Å². The third-order valence-corrected chi connectivity index (χ3v) is 19.3. The Kier molecular flexibility index (Phi) is 24.5. The number of hydrogen-bond donors (Lipinski definition) is 4. The molecule has 4 aliphatic heterocycles. The summed E-state index contributed by atoms with van der Waals surface area (Å²) in [6, 6.07) is 12.0. The van der Waals surface area contributed by atoms with Crippen LogP contribution in [-0.2, 0) is 43.2 Å². The van der Waals surface area contributed by atoms with E-state index in [2.05, 4.69) is 20.6 Å². The molecule has 8 aliphatic rings. The van der Waals surface area contributed by atoms with Crippen molar-refractivity contribution in [1.29, 1.82) is 0 Å². The molecule has 4 saturated carbocycles. The van der Waals surface area contributed by atoms with Crippen LogP contribution in [0.5, 0.6) is 0 Å². The molecule has 0 radical (unpaired) electrons. The molecule has 0 bridgehead atoms. The van der Waals surface area contributed by atoms with E-state index >= 15 is 0 Å². The zero-order valence-electron chi connectivity index (χ0n) is 38.9. The van der Waals surface area contributed by atoms with Gasteiger partial charge in [0.1, 0.15) is 0 Å². The van der Waals surface area contributed by atoms with Gasteiger partial charge in [-0.1, -0.05) is 102 Å². The Morgan fingerprint density at radius 1 is 0.242 bits per heavy atom. The van der Waals surface area contributed by atoms with Crippen LogP contribution in [0.2, 0.25) is 0 Å². The Balaban J connectivity index is 0.000000158. The van der Waals surface area contributed by atoms with Crippen molar-refractivity contribution in [3.05, 3.63) is 81.0 Å². The van der Waals surface area contributed by atoms with E-state index in [1.807, 2.05) is 36.4 Å². The lowest BCUT2D eigenvalue weighted by molar-refractivity contribution is 0.315. The monoisotopic (exact) mass is 986 g/mol. The van der Waals surface area contributed by atoms with Crippen LogP contribution in [0.4, 0.5) is 0 Å². The van der Waals surface area contributed by atoms with Gasteiger partial charge in [0.2, 0.25) is 0 Å². The first-order valence-corrected chi connectivity index (χ1v) is 30.1. The van der Waals surface area contributed by atoms with Crippen LogP contribution in [0.3, 0.4) is 0 Å². The minimum atomic E-state index is -0.572. The molecule has 0 atom stereocenters. The van der Waals surface area contributed by atoms with Crippen LogP contribution >= 0.6 is 0 Å². The van der Waals surface area contributed by atoms with Gasteiger partial charge in [-0.3, -0.25) is 16.8 Å². The summed E-state index contributed by atoms with van der Waals surface area (Å²) >= 11 is 0. The van der Waals surface area contributed by atoms with Gasteiger partial charge in [-0.25, -0.2) is 0 Å². The lowest BCUT2D eigenvalue weighted by Gasteiger charge is -2.22. The molecule has 366 valence electrons. The maximum absolute atomic E-state index is 11.2. The lowest BCUT2D eigenvalue weighted by Crippen LogP contribution is -2.15. The maximum Gasteiger partial charge on any atom is 0.0577 e. The summed E-state index contributed by atoms with van der Waals surface area (Å²) in [5.41, 5.74) is 16.0. The van der Waals surface area contributed by atoms with E-state index < -0.39 is 43.2 Å². The van der Waals surface area contributed by atoms with Crippen molar-refractivity contribution >= 4 is 66.0 Å². The smallest absolute Gasteiger partial charge is 0.0577 e. The minimum absolute atomic E-state index is 0.572. The Morgan fingerprint density at radius 3 is 0.515 bits per heavy atom. The van der Waals surface area contributed by atoms with Crippen LogP contribution < -0.4 is 0 Å². The van der Waals surface area contributed by atoms with Gasteiger partial charge in [0.05, 0.1) is 22.8 Å². The molecule has 12 nitrogen and oxygen atoms in total. The normalized spacial score (nSPS) is 26.2. The molecule has 4 saturated heterocycles. The second kappa shape index (κ2) is 30.2. The highest BCUT2D eigenvalue weighted by atomic mass is 32.2. The zero-order chi connectivity index (χ0) is 46.9. The molecule has 4 aliphatic carbocycles. The fourth-order valence-corrected chi connectivity index (χ4v) is 14.4. The molecule has 1 aromatic rings. The standard InChI is InChI=1S/4C11H17NO2S.C6H6/c4*13-12-11-3-1-9(2-4-11)10-5-7-15(14)8-6-10;1-2-4-6-5-3-1/h4*13H,1-8H2;1-6H. The van der Waals surface area contributed by atoms with Crippen molar-refractivity contribution in [1.82, 2.24) is 0 Å². The first-order valence-electron chi connectivity index (χ1n) is 24.2. The molecule has 0 amide bonds. The van der Waals surface area contributed by atoms with Crippen molar-refractivity contribution in [2.24, 2.45) is 20.6 Å². The van der Waals surface area contributed by atoms with Crippen molar-refractivity contribution in [2.75, 3.05) is 46.0 Å². The van der Waals surface area contributed by atoms with Crippen LogP contribution in [0.1, 0.15) is 154 Å². The molecule has 0 spiro atoms. The largest absolute Gasteiger partial charge is 0.411 e. The molecule has 1 aromatic carbocycles. The van der Waals surface area contributed by atoms with E-state index in [-0.39, 0.29) is 0 Å². The van der Waals surface area contributed by atoms with Gasteiger partial charge in [0.25, 0.3) is 0 Å². The van der Waals surface area contributed by atoms with E-state index in [1.165, 1.54) is 22.3 Å². The highest BCUT2D eigenvalue weighted by Gasteiger charge is 2.23. The quantitative estimate of drug-likeness (QED) is 0.112. The van der Waals surface area contributed by atoms with E-state index in [4.69, 9.17) is 20.8 Å². The van der Waals surface area contributed by atoms with Crippen LogP contribution in [0.15, 0.2) is 102 Å². The molecular weight excluding hydrogens is 913 g/mol. The van der Waals surface area contributed by atoms with Crippen molar-refractivity contribution < 1.29 is 37.7 Å². The molecule has 66 heavy (non-hydrogen) atoms. The summed E-state index contributed by atoms with van der Waals surface area (Å²) in [4.78, 5) is 0. The number of hydrogen-bond acceptors (Lipinski definition) is 12. The van der Waals surface area contributed by atoms with Gasteiger partial charge < -0.3 is 20.8 Å². The average Bonchev–Trinajstić information content (AvgIpc) is 3.39. The molecular formula is C50H74N4O8S4. The number of nitrogens with zero attached hydrogens (tertiary/aromatic N) is 4. The summed E-state index contributed by atoms with van der Waals surface area (Å²) in [7, 11) is -2.29. The van der Waals surface area contributed by atoms with Gasteiger partial charge in [-0.2, -0.15) is 0 Å². The molecule has 0 aromatic heterocycles. The van der Waals surface area contributed by atoms with Crippen molar-refractivity contribution in [3.63, 3.8) is 0 Å². The van der Waals surface area contributed by atoms with Crippen LogP contribution in [0.25, 0.3) is 0 Å². The molecule has 4 N–H and O–H groups in total. The van der Waals surface area contributed by atoms with Gasteiger partial charge in [0.15, 0.2) is 0 Å². The SMILES string of the molecule is O=S1CCC(=C2CCC(=NO)CC2)CC1.O=S1CCC(=C2CCC(=NO)CC2)CC1.O=S1CCC(=C2CCC(=NO)CC2)CC1.O=S1CCC(=C2CCC(=NO)CC2)CC1.c1ccccc1. The summed E-state index contributed by atoms with van der Waals surface area (Å²) < 4.78 is 44.9. The van der Waals surface area contributed by atoms with Crippen LogP contribution in [-0.4, -0.2) is 107 Å². The fraction of sp³-hybridized carbons (Fsp3) is 0.640. The highest BCUT2D eigenvalue weighted by Crippen LogP contribution is 2.33. The first-order chi connectivity index (χ1) is 32.2. The number of allylic oxidation sites excluding steroid dienone is 8. The molecule has 0 unspecified atom stereocenters. The summed E-state index contributed by atoms with van der Waals surface area (Å²) in [6.45, 7) is 0. The Bertz CT molecular complexity index is 1720. The Hall–Kier alpha value is -3.34. The van der Waals surface area contributed by atoms with Gasteiger partial charge in [-0.15, -0.1) is 0 Å². The molecule has 8 fully saturated rings. The van der Waals surface area contributed by atoms with E-state index in [9.17, 15) is 16.8 Å². The summed E-state index contributed by atoms with van der Waals surface area (Å²) in [5.74, 6) is 6.78. The number of benzene rings is 1. The third-order valence-electron chi connectivity index (χ3n) is 14.0. The Morgan fingerprint density at radius 2 is 0.379 bits per heavy atom. The molecule has 9 rings (SSSR count). The predicted octanol–water partition coefficient (Wildman–Crippen LogP) is 10.6. The highest BCUT2D eigenvalue weighted by molar-refractivity contribution is 7.85. The second-order valence-electron chi connectivity index (χ2n) is 18.0. The topological polar surface area (TPSA) is 199 Å². The van der Waals surface area contributed by atoms with Gasteiger partial charge in [0, 0.05) is 89.2 Å². The van der Waals surface area contributed by atoms with E-state index in [1.54, 1.807) is 22.3 Å².